The molecule has 0 aliphatic carbocycles. The number of carbonyl (C=O) groups is 1. The van der Waals surface area contributed by atoms with Gasteiger partial charge in [0, 0.05) is 26.2 Å². The first-order chi connectivity index (χ1) is 12.8. The number of alkyl halides is 3. The fourth-order valence-corrected chi connectivity index (χ4v) is 3.27. The van der Waals surface area contributed by atoms with Crippen molar-refractivity contribution in [3.63, 3.8) is 0 Å². The van der Waals surface area contributed by atoms with Crippen LogP contribution < -0.4 is 9.91 Å². The molecule has 0 spiro atoms. The van der Waals surface area contributed by atoms with E-state index < -0.39 is 11.7 Å². The van der Waals surface area contributed by atoms with Crippen molar-refractivity contribution in [3.8, 4) is 0 Å². The Morgan fingerprint density at radius 3 is 2.26 bits per heavy atom. The molecule has 0 unspecified atom stereocenters. The van der Waals surface area contributed by atoms with Crippen LogP contribution in [0.2, 0.25) is 5.02 Å². The zero-order chi connectivity index (χ0) is 19.6. The van der Waals surface area contributed by atoms with Crippen molar-refractivity contribution >= 4 is 29.4 Å². The first-order valence-electron chi connectivity index (χ1n) is 8.17. The highest BCUT2D eigenvalue weighted by Gasteiger charge is 2.32. The molecule has 0 aromatic heterocycles. The number of amides is 1. The Hall–Kier alpha value is -2.32. The maximum absolute atomic E-state index is 13.9. The second kappa shape index (κ2) is 7.74. The van der Waals surface area contributed by atoms with Gasteiger partial charge in [-0.3, -0.25) is 4.79 Å². The minimum atomic E-state index is -4.51. The number of hydrogen-bond donors (Lipinski definition) is 0. The van der Waals surface area contributed by atoms with Gasteiger partial charge < -0.3 is 4.90 Å². The molecule has 2 aromatic carbocycles. The average molecular weight is 402 g/mol. The van der Waals surface area contributed by atoms with Gasteiger partial charge in [0.1, 0.15) is 5.82 Å². The van der Waals surface area contributed by atoms with Gasteiger partial charge in [-0.2, -0.15) is 13.2 Å². The van der Waals surface area contributed by atoms with Crippen LogP contribution in [0.4, 0.5) is 28.9 Å². The van der Waals surface area contributed by atoms with Gasteiger partial charge >= 0.3 is 6.18 Å². The summed E-state index contributed by atoms with van der Waals surface area (Å²) in [6, 6.07) is 9.25. The van der Waals surface area contributed by atoms with Crippen molar-refractivity contribution in [2.45, 2.75) is 6.18 Å². The Morgan fingerprint density at radius 1 is 1.04 bits per heavy atom. The Bertz CT molecular complexity index is 822. The Balaban J connectivity index is 1.74. The molecule has 1 saturated heterocycles. The van der Waals surface area contributed by atoms with Crippen molar-refractivity contribution in [2.24, 2.45) is 0 Å². The van der Waals surface area contributed by atoms with Gasteiger partial charge in [-0.1, -0.05) is 23.7 Å². The van der Waals surface area contributed by atoms with E-state index in [1.165, 1.54) is 17.1 Å². The third-order valence-corrected chi connectivity index (χ3v) is 4.68. The minimum absolute atomic E-state index is 0.166. The topological polar surface area (TPSA) is 26.8 Å². The zero-order valence-corrected chi connectivity index (χ0v) is 14.8. The summed E-state index contributed by atoms with van der Waals surface area (Å²) in [4.78, 5) is 13.4. The average Bonchev–Trinajstić information content (AvgIpc) is 2.64. The first-order valence-corrected chi connectivity index (χ1v) is 8.54. The molecule has 1 heterocycles. The molecule has 27 heavy (non-hydrogen) atoms. The van der Waals surface area contributed by atoms with E-state index in [0.717, 1.165) is 12.1 Å². The van der Waals surface area contributed by atoms with E-state index in [2.05, 4.69) is 0 Å². The molecule has 1 fully saturated rings. The minimum Gasteiger partial charge on any atom is -0.366 e. The van der Waals surface area contributed by atoms with Gasteiger partial charge in [0.25, 0.3) is 0 Å². The van der Waals surface area contributed by atoms with Gasteiger partial charge in [0.05, 0.1) is 22.0 Å². The number of hydrogen-bond acceptors (Lipinski definition) is 3. The van der Waals surface area contributed by atoms with Crippen LogP contribution in [0.25, 0.3) is 0 Å². The van der Waals surface area contributed by atoms with Gasteiger partial charge in [0.15, 0.2) is 0 Å². The van der Waals surface area contributed by atoms with Crippen LogP contribution in [0.5, 0.6) is 0 Å². The molecule has 1 aliphatic heterocycles. The highest BCUT2D eigenvalue weighted by Crippen LogP contribution is 2.35. The largest absolute Gasteiger partial charge is 0.416 e. The maximum Gasteiger partial charge on any atom is 0.416 e. The monoisotopic (exact) mass is 401 g/mol. The van der Waals surface area contributed by atoms with Gasteiger partial charge in [0.2, 0.25) is 6.41 Å². The smallest absolute Gasteiger partial charge is 0.366 e. The van der Waals surface area contributed by atoms with E-state index in [-0.39, 0.29) is 16.5 Å². The Kier molecular flexibility index (Phi) is 5.57. The van der Waals surface area contributed by atoms with Crippen LogP contribution in [0.3, 0.4) is 0 Å². The zero-order valence-electron chi connectivity index (χ0n) is 14.1. The molecule has 3 rings (SSSR count). The van der Waals surface area contributed by atoms with E-state index in [4.69, 9.17) is 11.6 Å². The van der Waals surface area contributed by atoms with Crippen LogP contribution >= 0.6 is 11.6 Å². The lowest BCUT2D eigenvalue weighted by Crippen LogP contribution is -2.54. The molecule has 1 amide bonds. The molecule has 0 N–H and O–H groups in total. The number of halogens is 5. The maximum atomic E-state index is 13.9. The number of benzene rings is 2. The highest BCUT2D eigenvalue weighted by atomic mass is 35.5. The van der Waals surface area contributed by atoms with Crippen molar-refractivity contribution in [2.75, 3.05) is 36.1 Å². The van der Waals surface area contributed by atoms with Gasteiger partial charge in [-0.15, -0.1) is 0 Å². The summed E-state index contributed by atoms with van der Waals surface area (Å²) in [5.74, 6) is -0.330. The van der Waals surface area contributed by atoms with Crippen LogP contribution in [-0.4, -0.2) is 37.6 Å². The summed E-state index contributed by atoms with van der Waals surface area (Å²) < 4.78 is 52.3. The molecule has 0 bridgehead atoms. The van der Waals surface area contributed by atoms with Gasteiger partial charge in [-0.25, -0.2) is 14.4 Å². The van der Waals surface area contributed by atoms with Crippen LogP contribution in [0, 0.1) is 5.82 Å². The van der Waals surface area contributed by atoms with Crippen molar-refractivity contribution in [1.29, 1.82) is 0 Å². The summed E-state index contributed by atoms with van der Waals surface area (Å²) in [5.41, 5.74) is -0.243. The molecule has 0 atom stereocenters. The summed E-state index contributed by atoms with van der Waals surface area (Å²) in [7, 11) is 0. The third kappa shape index (κ3) is 4.17. The third-order valence-electron chi connectivity index (χ3n) is 4.38. The normalized spacial score (nSPS) is 15.7. The van der Waals surface area contributed by atoms with E-state index in [9.17, 15) is 22.4 Å². The van der Waals surface area contributed by atoms with E-state index in [0.29, 0.717) is 38.3 Å². The van der Waals surface area contributed by atoms with Crippen molar-refractivity contribution in [1.82, 2.24) is 5.01 Å². The highest BCUT2D eigenvalue weighted by molar-refractivity contribution is 6.33. The first kappa shape index (κ1) is 19.4. The van der Waals surface area contributed by atoms with E-state index in [1.807, 2.05) is 4.90 Å². The molecule has 9 heteroatoms. The summed E-state index contributed by atoms with van der Waals surface area (Å²) in [5, 5.41) is 2.69. The van der Waals surface area contributed by atoms with E-state index in [1.54, 1.807) is 23.2 Å². The second-order valence-corrected chi connectivity index (χ2v) is 6.41. The number of nitrogens with zero attached hydrogens (tertiary/aromatic N) is 3. The number of rotatable bonds is 4. The molecule has 4 nitrogen and oxygen atoms in total. The van der Waals surface area contributed by atoms with Crippen LogP contribution in [0.15, 0.2) is 42.5 Å². The SMILES string of the molecule is O=CN(c1ccc(C(F)(F)F)cc1Cl)N1CCN(c2ccccc2F)CC1. The van der Waals surface area contributed by atoms with Crippen LogP contribution in [0.1, 0.15) is 5.56 Å². The lowest BCUT2D eigenvalue weighted by molar-refractivity contribution is -0.137. The molecular weight excluding hydrogens is 386 g/mol. The number of para-hydroxylation sites is 1. The molecule has 0 saturated carbocycles. The summed E-state index contributed by atoms with van der Waals surface area (Å²) in [6.45, 7) is 1.65. The Labute approximate surface area is 158 Å². The van der Waals surface area contributed by atoms with Crippen molar-refractivity contribution < 1.29 is 22.4 Å². The summed E-state index contributed by atoms with van der Waals surface area (Å²) in [6.07, 6.45) is -4.01. The molecule has 144 valence electrons. The molecular formula is C18H16ClF4N3O. The number of piperazine rings is 1. The predicted octanol–water partition coefficient (Wildman–Crippen LogP) is 4.20. The van der Waals surface area contributed by atoms with Gasteiger partial charge in [-0.05, 0) is 30.3 Å². The predicted molar refractivity (Wildman–Crippen MR) is 95.2 cm³/mol. The quantitative estimate of drug-likeness (QED) is 0.567. The molecule has 0 radical (unpaired) electrons. The lowest BCUT2D eigenvalue weighted by atomic mass is 10.2. The molecule has 1 aliphatic rings. The fraction of sp³-hybridized carbons (Fsp3) is 0.278. The second-order valence-electron chi connectivity index (χ2n) is 6.01. The van der Waals surface area contributed by atoms with Crippen molar-refractivity contribution in [3.05, 3.63) is 58.9 Å². The van der Waals surface area contributed by atoms with E-state index >= 15 is 0 Å². The fourth-order valence-electron chi connectivity index (χ4n) is 3.01. The number of carbonyl (C=O) groups excluding carboxylic acids is 1. The Morgan fingerprint density at radius 2 is 1.70 bits per heavy atom. The number of anilines is 2. The van der Waals surface area contributed by atoms with Crippen LogP contribution in [-0.2, 0) is 11.0 Å². The standard InChI is InChI=1S/C18H16ClF4N3O/c19-14-11-13(18(21,22)23)5-6-16(14)26(12-27)25-9-7-24(8-10-25)17-4-2-1-3-15(17)20/h1-6,11-12H,7-10H2. The summed E-state index contributed by atoms with van der Waals surface area (Å²) >= 11 is 5.99. The molecule has 2 aromatic rings. The lowest BCUT2D eigenvalue weighted by Gasteiger charge is -2.40. The number of hydrazine groups is 1.